The van der Waals surface area contributed by atoms with Crippen molar-refractivity contribution in [3.8, 4) is 11.1 Å². The lowest BCUT2D eigenvalue weighted by atomic mass is 10.0. The zero-order valence-electron chi connectivity index (χ0n) is 16.3. The smallest absolute Gasteiger partial charge is 0.230 e. The maximum Gasteiger partial charge on any atom is 0.230 e. The van der Waals surface area contributed by atoms with Crippen LogP contribution in [0.15, 0.2) is 52.9 Å². The van der Waals surface area contributed by atoms with Gasteiger partial charge in [-0.25, -0.2) is 4.39 Å². The standard InChI is InChI=1S/C22H25FN4O/c1-16-24-25-22(28-16)15-26(2)20-9-11-27(12-10-20)21-8-4-6-18(14-21)17-5-3-7-19(23)13-17/h3-8,13-14,20H,9-12,15H2,1-2H3. The summed E-state index contributed by atoms with van der Waals surface area (Å²) in [5.41, 5.74) is 3.14. The van der Waals surface area contributed by atoms with E-state index in [1.54, 1.807) is 12.1 Å². The molecule has 28 heavy (non-hydrogen) atoms. The number of nitrogens with zero attached hydrogens (tertiary/aromatic N) is 4. The number of hydrogen-bond acceptors (Lipinski definition) is 5. The van der Waals surface area contributed by atoms with Crippen LogP contribution in [0.5, 0.6) is 0 Å². The lowest BCUT2D eigenvalue weighted by Crippen LogP contribution is -2.43. The van der Waals surface area contributed by atoms with Crippen molar-refractivity contribution in [3.63, 3.8) is 0 Å². The first kappa shape index (κ1) is 18.6. The number of halogens is 1. The lowest BCUT2D eigenvalue weighted by Gasteiger charge is -2.37. The van der Waals surface area contributed by atoms with Crippen LogP contribution in [-0.2, 0) is 6.54 Å². The van der Waals surface area contributed by atoms with Gasteiger partial charge < -0.3 is 9.32 Å². The van der Waals surface area contributed by atoms with E-state index >= 15 is 0 Å². The Morgan fingerprint density at radius 1 is 1.07 bits per heavy atom. The van der Waals surface area contributed by atoms with Crippen LogP contribution >= 0.6 is 0 Å². The Kier molecular flexibility index (Phi) is 5.39. The SMILES string of the molecule is Cc1nnc(CN(C)C2CCN(c3cccc(-c4cccc(F)c4)c3)CC2)o1. The minimum atomic E-state index is -0.205. The van der Waals surface area contributed by atoms with Crippen LogP contribution in [-0.4, -0.2) is 41.3 Å². The fourth-order valence-corrected chi connectivity index (χ4v) is 3.86. The molecule has 6 heteroatoms. The fraction of sp³-hybridized carbons (Fsp3) is 0.364. The number of aryl methyl sites for hydroxylation is 1. The van der Waals surface area contributed by atoms with Gasteiger partial charge in [-0.15, -0.1) is 10.2 Å². The Balaban J connectivity index is 1.39. The van der Waals surface area contributed by atoms with Gasteiger partial charge in [0.25, 0.3) is 0 Å². The summed E-state index contributed by atoms with van der Waals surface area (Å²) in [5.74, 6) is 1.07. The number of aromatic nitrogens is 2. The van der Waals surface area contributed by atoms with Crippen molar-refractivity contribution in [3.05, 3.63) is 66.1 Å². The summed E-state index contributed by atoms with van der Waals surface area (Å²) in [6.45, 7) is 4.47. The number of hydrogen-bond donors (Lipinski definition) is 0. The zero-order valence-corrected chi connectivity index (χ0v) is 16.3. The molecule has 5 nitrogen and oxygen atoms in total. The van der Waals surface area contributed by atoms with Gasteiger partial charge in [0.2, 0.25) is 11.8 Å². The van der Waals surface area contributed by atoms with Gasteiger partial charge in [-0.3, -0.25) is 4.90 Å². The lowest BCUT2D eigenvalue weighted by molar-refractivity contribution is 0.183. The van der Waals surface area contributed by atoms with E-state index in [2.05, 4.69) is 39.2 Å². The molecule has 0 unspecified atom stereocenters. The molecule has 0 bridgehead atoms. The highest BCUT2D eigenvalue weighted by Gasteiger charge is 2.24. The summed E-state index contributed by atoms with van der Waals surface area (Å²) < 4.78 is 19.1. The van der Waals surface area contributed by atoms with Crippen molar-refractivity contribution < 1.29 is 8.81 Å². The Morgan fingerprint density at radius 3 is 2.46 bits per heavy atom. The molecule has 0 amide bonds. The summed E-state index contributed by atoms with van der Waals surface area (Å²) in [7, 11) is 2.12. The van der Waals surface area contributed by atoms with Gasteiger partial charge in [-0.2, -0.15) is 0 Å². The number of rotatable bonds is 5. The summed E-state index contributed by atoms with van der Waals surface area (Å²) in [4.78, 5) is 4.71. The third kappa shape index (κ3) is 4.22. The predicted octanol–water partition coefficient (Wildman–Crippen LogP) is 4.28. The molecule has 146 valence electrons. The van der Waals surface area contributed by atoms with E-state index in [-0.39, 0.29) is 5.82 Å². The van der Waals surface area contributed by atoms with Crippen molar-refractivity contribution in [2.75, 3.05) is 25.0 Å². The van der Waals surface area contributed by atoms with Crippen LogP contribution in [0, 0.1) is 12.7 Å². The third-order valence-corrected chi connectivity index (χ3v) is 5.41. The van der Waals surface area contributed by atoms with Gasteiger partial charge >= 0.3 is 0 Å². The summed E-state index contributed by atoms with van der Waals surface area (Å²) in [6, 6.07) is 15.6. The third-order valence-electron chi connectivity index (χ3n) is 5.41. The first-order chi connectivity index (χ1) is 13.6. The van der Waals surface area contributed by atoms with Crippen LogP contribution in [0.4, 0.5) is 10.1 Å². The molecule has 0 N–H and O–H groups in total. The molecule has 0 atom stereocenters. The van der Waals surface area contributed by atoms with Crippen LogP contribution in [0.3, 0.4) is 0 Å². The van der Waals surface area contributed by atoms with Crippen molar-refractivity contribution in [1.29, 1.82) is 0 Å². The minimum absolute atomic E-state index is 0.205. The van der Waals surface area contributed by atoms with Gasteiger partial charge in [-0.05, 0) is 55.3 Å². The van der Waals surface area contributed by atoms with Gasteiger partial charge in [0.1, 0.15) is 5.82 Å². The van der Waals surface area contributed by atoms with Gasteiger partial charge in [-0.1, -0.05) is 24.3 Å². The highest BCUT2D eigenvalue weighted by atomic mass is 19.1. The molecule has 2 heterocycles. The maximum absolute atomic E-state index is 13.6. The van der Waals surface area contributed by atoms with Crippen LogP contribution in [0.25, 0.3) is 11.1 Å². The van der Waals surface area contributed by atoms with E-state index in [9.17, 15) is 4.39 Å². The molecule has 0 saturated carbocycles. The molecule has 0 aliphatic carbocycles. The molecule has 1 fully saturated rings. The minimum Gasteiger partial charge on any atom is -0.424 e. The van der Waals surface area contributed by atoms with Crippen molar-refractivity contribution in [2.24, 2.45) is 0 Å². The van der Waals surface area contributed by atoms with E-state index in [0.29, 0.717) is 24.4 Å². The predicted molar refractivity (Wildman–Crippen MR) is 108 cm³/mol. The molecule has 1 aromatic heterocycles. The van der Waals surface area contributed by atoms with Crippen LogP contribution < -0.4 is 4.90 Å². The second kappa shape index (κ2) is 8.10. The molecule has 2 aromatic carbocycles. The highest BCUT2D eigenvalue weighted by molar-refractivity contribution is 5.68. The number of anilines is 1. The van der Waals surface area contributed by atoms with Crippen LogP contribution in [0.2, 0.25) is 0 Å². The Bertz CT molecular complexity index is 934. The molecule has 4 rings (SSSR count). The summed E-state index contributed by atoms with van der Waals surface area (Å²) >= 11 is 0. The second-order valence-electron chi connectivity index (χ2n) is 7.41. The quantitative estimate of drug-likeness (QED) is 0.661. The molecule has 1 saturated heterocycles. The molecular formula is C22H25FN4O. The van der Waals surface area contributed by atoms with E-state index in [0.717, 1.165) is 37.1 Å². The summed E-state index contributed by atoms with van der Waals surface area (Å²) in [6.07, 6.45) is 2.15. The Hall–Kier alpha value is -2.73. The molecule has 0 radical (unpaired) electrons. The van der Waals surface area contributed by atoms with Gasteiger partial charge in [0, 0.05) is 31.7 Å². The largest absolute Gasteiger partial charge is 0.424 e. The van der Waals surface area contributed by atoms with E-state index in [4.69, 9.17) is 4.42 Å². The van der Waals surface area contributed by atoms with E-state index in [1.165, 1.54) is 11.8 Å². The average Bonchev–Trinajstić information content (AvgIpc) is 3.13. The Labute approximate surface area is 164 Å². The van der Waals surface area contributed by atoms with Gasteiger partial charge in [0.05, 0.1) is 6.54 Å². The zero-order chi connectivity index (χ0) is 19.5. The number of piperidine rings is 1. The van der Waals surface area contributed by atoms with Gasteiger partial charge in [0.15, 0.2) is 0 Å². The molecule has 0 spiro atoms. The normalized spacial score (nSPS) is 15.4. The monoisotopic (exact) mass is 380 g/mol. The first-order valence-corrected chi connectivity index (χ1v) is 9.68. The molecule has 1 aliphatic rings. The first-order valence-electron chi connectivity index (χ1n) is 9.68. The molecule has 1 aliphatic heterocycles. The van der Waals surface area contributed by atoms with Crippen molar-refractivity contribution >= 4 is 5.69 Å². The van der Waals surface area contributed by atoms with Crippen LogP contribution in [0.1, 0.15) is 24.6 Å². The summed E-state index contributed by atoms with van der Waals surface area (Å²) in [5, 5.41) is 7.99. The van der Waals surface area contributed by atoms with Crippen molar-refractivity contribution in [1.82, 2.24) is 15.1 Å². The molecular weight excluding hydrogens is 355 g/mol. The molecule has 3 aromatic rings. The van der Waals surface area contributed by atoms with Crippen molar-refractivity contribution in [2.45, 2.75) is 32.4 Å². The Morgan fingerprint density at radius 2 is 1.79 bits per heavy atom. The average molecular weight is 380 g/mol. The fourth-order valence-electron chi connectivity index (χ4n) is 3.86. The maximum atomic E-state index is 13.6. The topological polar surface area (TPSA) is 45.4 Å². The number of benzene rings is 2. The highest BCUT2D eigenvalue weighted by Crippen LogP contribution is 2.28. The van der Waals surface area contributed by atoms with E-state index in [1.807, 2.05) is 25.1 Å². The second-order valence-corrected chi connectivity index (χ2v) is 7.41. The van der Waals surface area contributed by atoms with E-state index < -0.39 is 0 Å².